The second kappa shape index (κ2) is 9.30. The van der Waals surface area contributed by atoms with Gasteiger partial charge in [0.25, 0.3) is 0 Å². The first-order chi connectivity index (χ1) is 18.0. The normalized spacial score (nSPS) is 14.6. The number of nitrogens with zero attached hydrogens (tertiary/aromatic N) is 4. The summed E-state index contributed by atoms with van der Waals surface area (Å²) in [5, 5.41) is 8.71. The zero-order chi connectivity index (χ0) is 25.5. The maximum Gasteiger partial charge on any atom is 0.322 e. The van der Waals surface area contributed by atoms with E-state index < -0.39 is 0 Å². The van der Waals surface area contributed by atoms with Crippen molar-refractivity contribution in [2.24, 2.45) is 0 Å². The van der Waals surface area contributed by atoms with Crippen molar-refractivity contribution < 1.29 is 4.79 Å². The number of nitrogens with one attached hydrogen (secondary N) is 1. The number of hydrogen-bond acceptors (Lipinski definition) is 2. The Kier molecular flexibility index (Phi) is 5.81. The van der Waals surface area contributed by atoms with Crippen molar-refractivity contribution >= 4 is 23.3 Å². The van der Waals surface area contributed by atoms with Crippen LogP contribution in [0.4, 0.5) is 10.5 Å². The number of halogens is 1. The van der Waals surface area contributed by atoms with Crippen molar-refractivity contribution in [2.75, 3.05) is 5.32 Å². The molecule has 6 rings (SSSR count). The van der Waals surface area contributed by atoms with E-state index in [1.165, 1.54) is 0 Å². The average Bonchev–Trinajstić information content (AvgIpc) is 3.47. The summed E-state index contributed by atoms with van der Waals surface area (Å²) >= 11 is 6.24. The minimum absolute atomic E-state index is 0.179. The van der Waals surface area contributed by atoms with Gasteiger partial charge in [-0.05, 0) is 67.4 Å². The molecule has 0 saturated carbocycles. The molecule has 0 unspecified atom stereocenters. The molecule has 184 valence electrons. The van der Waals surface area contributed by atoms with Gasteiger partial charge in [0.15, 0.2) is 0 Å². The number of hydrogen-bond donors (Lipinski definition) is 1. The summed E-state index contributed by atoms with van der Waals surface area (Å²) < 4.78 is 4.12. The van der Waals surface area contributed by atoms with Crippen molar-refractivity contribution in [1.29, 1.82) is 0 Å². The molecular weight excluding hydrogens is 482 g/mol. The number of benzene rings is 3. The van der Waals surface area contributed by atoms with E-state index >= 15 is 0 Å². The molecule has 37 heavy (non-hydrogen) atoms. The maximum absolute atomic E-state index is 14.0. The van der Waals surface area contributed by atoms with Crippen LogP contribution in [0, 0.1) is 13.8 Å². The highest BCUT2D eigenvalue weighted by molar-refractivity contribution is 6.30. The van der Waals surface area contributed by atoms with Gasteiger partial charge in [0.2, 0.25) is 0 Å². The molecule has 0 saturated heterocycles. The van der Waals surface area contributed by atoms with Crippen LogP contribution in [0.3, 0.4) is 0 Å². The van der Waals surface area contributed by atoms with Crippen molar-refractivity contribution in [3.8, 4) is 11.5 Å². The molecule has 5 aromatic rings. The van der Waals surface area contributed by atoms with Crippen LogP contribution in [-0.2, 0) is 6.54 Å². The molecule has 1 atom stereocenters. The van der Waals surface area contributed by atoms with Gasteiger partial charge >= 0.3 is 6.03 Å². The van der Waals surface area contributed by atoms with E-state index in [9.17, 15) is 4.79 Å². The highest BCUT2D eigenvalue weighted by Crippen LogP contribution is 2.39. The lowest BCUT2D eigenvalue weighted by molar-refractivity contribution is 0.194. The highest BCUT2D eigenvalue weighted by Gasteiger charge is 2.36. The van der Waals surface area contributed by atoms with Crippen LogP contribution in [0.2, 0.25) is 5.02 Å². The lowest BCUT2D eigenvalue weighted by Crippen LogP contribution is -2.38. The number of urea groups is 1. The monoisotopic (exact) mass is 507 g/mol. The zero-order valence-electron chi connectivity index (χ0n) is 20.6. The standard InChI is InChI=1S/C30H26ClN5O/c1-20-9-6-7-12-26(20)32-30(37)35-19-25-21(2)33-36(24-10-4-3-5-11-24)29(25)34-18-8-13-27(34)28(35)22-14-16-23(31)17-15-22/h3-18,28H,19H2,1-2H3,(H,32,37)/t28-/m1/s1. The van der Waals surface area contributed by atoms with Crippen LogP contribution in [0.15, 0.2) is 97.2 Å². The third-order valence-electron chi connectivity index (χ3n) is 6.92. The van der Waals surface area contributed by atoms with Gasteiger partial charge in [-0.1, -0.05) is 60.1 Å². The van der Waals surface area contributed by atoms with Gasteiger partial charge in [-0.25, -0.2) is 9.48 Å². The van der Waals surface area contributed by atoms with E-state index in [4.69, 9.17) is 16.7 Å². The van der Waals surface area contributed by atoms with Gasteiger partial charge in [0.05, 0.1) is 29.7 Å². The SMILES string of the molecule is Cc1ccccc1NC(=O)N1Cc2c(C)nn(-c3ccccc3)c2-n2cccc2[C@H]1c1ccc(Cl)cc1. The van der Waals surface area contributed by atoms with Crippen LogP contribution < -0.4 is 5.32 Å². The first-order valence-corrected chi connectivity index (χ1v) is 12.6. The Bertz CT molecular complexity index is 1590. The highest BCUT2D eigenvalue weighted by atomic mass is 35.5. The molecule has 2 aromatic heterocycles. The quantitative estimate of drug-likeness (QED) is 0.284. The molecule has 0 bridgehead atoms. The minimum Gasteiger partial charge on any atom is -0.308 e. The van der Waals surface area contributed by atoms with E-state index in [2.05, 4.69) is 16.0 Å². The van der Waals surface area contributed by atoms with Crippen molar-refractivity contribution in [1.82, 2.24) is 19.2 Å². The van der Waals surface area contributed by atoms with Crippen LogP contribution >= 0.6 is 11.6 Å². The molecule has 7 heteroatoms. The summed E-state index contributed by atoms with van der Waals surface area (Å²) in [6, 6.07) is 29.2. The Morgan fingerprint density at radius 2 is 1.65 bits per heavy atom. The number of aromatic nitrogens is 3. The summed E-state index contributed by atoms with van der Waals surface area (Å²) in [7, 11) is 0. The molecule has 0 spiro atoms. The molecule has 0 radical (unpaired) electrons. The second-order valence-corrected chi connectivity index (χ2v) is 9.70. The van der Waals surface area contributed by atoms with Gasteiger partial charge in [0.1, 0.15) is 5.82 Å². The fourth-order valence-corrected chi connectivity index (χ4v) is 5.17. The summed E-state index contributed by atoms with van der Waals surface area (Å²) in [5.41, 5.74) is 6.59. The Hall–Kier alpha value is -4.29. The number of amides is 2. The van der Waals surface area contributed by atoms with Crippen LogP contribution in [0.25, 0.3) is 11.5 Å². The van der Waals surface area contributed by atoms with Crippen molar-refractivity contribution in [3.63, 3.8) is 0 Å². The molecule has 1 aliphatic heterocycles. The van der Waals surface area contributed by atoms with Crippen molar-refractivity contribution in [2.45, 2.75) is 26.4 Å². The number of carbonyl (C=O) groups excluding carboxylic acids is 1. The number of carbonyl (C=O) groups is 1. The Morgan fingerprint density at radius 1 is 0.919 bits per heavy atom. The molecule has 3 heterocycles. The largest absolute Gasteiger partial charge is 0.322 e. The first-order valence-electron chi connectivity index (χ1n) is 12.2. The van der Waals surface area contributed by atoms with E-state index in [0.717, 1.165) is 45.3 Å². The van der Waals surface area contributed by atoms with E-state index in [-0.39, 0.29) is 12.1 Å². The molecular formula is C30H26ClN5O. The Labute approximate surface area is 220 Å². The summed E-state index contributed by atoms with van der Waals surface area (Å²) in [6.07, 6.45) is 2.04. The van der Waals surface area contributed by atoms with Crippen molar-refractivity contribution in [3.05, 3.63) is 130 Å². The van der Waals surface area contributed by atoms with Gasteiger partial charge in [-0.15, -0.1) is 0 Å². The summed E-state index contributed by atoms with van der Waals surface area (Å²) in [6.45, 7) is 4.38. The van der Waals surface area contributed by atoms with Gasteiger partial charge in [0, 0.05) is 22.5 Å². The maximum atomic E-state index is 14.0. The van der Waals surface area contributed by atoms with Gasteiger partial charge < -0.3 is 14.8 Å². The summed E-state index contributed by atoms with van der Waals surface area (Å²) in [4.78, 5) is 15.9. The molecule has 2 amide bonds. The number of anilines is 1. The first kappa shape index (κ1) is 23.1. The molecule has 0 aliphatic carbocycles. The number of fused-ring (bicyclic) bond motifs is 3. The zero-order valence-corrected chi connectivity index (χ0v) is 21.4. The van der Waals surface area contributed by atoms with E-state index in [1.807, 2.05) is 115 Å². The van der Waals surface area contributed by atoms with Gasteiger partial charge in [-0.2, -0.15) is 5.10 Å². The fraction of sp³-hybridized carbons (Fsp3) is 0.133. The summed E-state index contributed by atoms with van der Waals surface area (Å²) in [5.74, 6) is 0.939. The number of rotatable bonds is 3. The van der Waals surface area contributed by atoms with E-state index in [0.29, 0.717) is 11.6 Å². The van der Waals surface area contributed by atoms with Crippen LogP contribution in [0.5, 0.6) is 0 Å². The second-order valence-electron chi connectivity index (χ2n) is 9.27. The predicted octanol–water partition coefficient (Wildman–Crippen LogP) is 7.07. The fourth-order valence-electron chi connectivity index (χ4n) is 5.05. The molecule has 3 aromatic carbocycles. The van der Waals surface area contributed by atoms with Crippen LogP contribution in [0.1, 0.15) is 34.1 Å². The predicted molar refractivity (Wildman–Crippen MR) is 147 cm³/mol. The smallest absolute Gasteiger partial charge is 0.308 e. The lowest BCUT2D eigenvalue weighted by atomic mass is 10.0. The number of aryl methyl sites for hydroxylation is 2. The topological polar surface area (TPSA) is 55.1 Å². The van der Waals surface area contributed by atoms with Crippen LogP contribution in [-0.4, -0.2) is 25.3 Å². The minimum atomic E-state index is -0.340. The molecule has 1 aliphatic rings. The van der Waals surface area contributed by atoms with Gasteiger partial charge in [-0.3, -0.25) is 0 Å². The Balaban J connectivity index is 1.54. The van der Waals surface area contributed by atoms with E-state index in [1.54, 1.807) is 0 Å². The average molecular weight is 508 g/mol. The molecule has 0 fully saturated rings. The number of para-hydroxylation sites is 2. The third-order valence-corrected chi connectivity index (χ3v) is 7.17. The lowest BCUT2D eigenvalue weighted by Gasteiger charge is -2.31. The third kappa shape index (κ3) is 4.09. The molecule has 1 N–H and O–H groups in total. The molecule has 6 nitrogen and oxygen atoms in total. The Morgan fingerprint density at radius 3 is 2.41 bits per heavy atom.